The van der Waals surface area contributed by atoms with Gasteiger partial charge in [-0.05, 0) is 47.2 Å². The Morgan fingerprint density at radius 2 is 1.68 bits per heavy atom. The summed E-state index contributed by atoms with van der Waals surface area (Å²) in [6, 6.07) is 14.9. The van der Waals surface area contributed by atoms with Crippen LogP contribution >= 0.6 is 0 Å². The highest BCUT2D eigenvalue weighted by atomic mass is 16.5. The van der Waals surface area contributed by atoms with Crippen LogP contribution < -0.4 is 4.74 Å². The zero-order chi connectivity index (χ0) is 13.2. The van der Waals surface area contributed by atoms with Gasteiger partial charge in [0.2, 0.25) is 0 Å². The summed E-state index contributed by atoms with van der Waals surface area (Å²) in [7, 11) is 3.48. The van der Waals surface area contributed by atoms with Gasteiger partial charge in [-0.15, -0.1) is 0 Å². The summed E-state index contributed by atoms with van der Waals surface area (Å²) >= 11 is 0. The van der Waals surface area contributed by atoms with Gasteiger partial charge in [0.05, 0.1) is 13.2 Å². The lowest BCUT2D eigenvalue weighted by Gasteiger charge is -2.10. The molecule has 19 heavy (non-hydrogen) atoms. The SMILES string of the molecule is COc1ccc(-c2ccc3c(c2)CCC3OC)cc1. The molecule has 1 atom stereocenters. The molecule has 0 aliphatic heterocycles. The minimum absolute atomic E-state index is 0.278. The predicted octanol–water partition coefficient (Wildman–Crippen LogP) is 4.00. The summed E-state index contributed by atoms with van der Waals surface area (Å²) in [4.78, 5) is 0. The van der Waals surface area contributed by atoms with Crippen molar-refractivity contribution >= 4 is 0 Å². The molecule has 0 saturated carbocycles. The first-order valence-electron chi connectivity index (χ1n) is 6.62. The van der Waals surface area contributed by atoms with Gasteiger partial charge in [-0.25, -0.2) is 0 Å². The first kappa shape index (κ1) is 12.2. The monoisotopic (exact) mass is 254 g/mol. The first-order valence-corrected chi connectivity index (χ1v) is 6.62. The Kier molecular flexibility index (Phi) is 3.26. The molecule has 0 amide bonds. The molecule has 0 aromatic heterocycles. The van der Waals surface area contributed by atoms with Crippen molar-refractivity contribution in [2.45, 2.75) is 18.9 Å². The van der Waals surface area contributed by atoms with E-state index in [0.29, 0.717) is 0 Å². The van der Waals surface area contributed by atoms with E-state index < -0.39 is 0 Å². The highest BCUT2D eigenvalue weighted by Gasteiger charge is 2.22. The lowest BCUT2D eigenvalue weighted by Crippen LogP contribution is -1.95. The van der Waals surface area contributed by atoms with Crippen LogP contribution in [0.1, 0.15) is 23.7 Å². The molecule has 2 heteroatoms. The zero-order valence-electron chi connectivity index (χ0n) is 11.3. The quantitative estimate of drug-likeness (QED) is 0.824. The Hall–Kier alpha value is -1.80. The van der Waals surface area contributed by atoms with Crippen molar-refractivity contribution in [3.05, 3.63) is 53.6 Å². The van der Waals surface area contributed by atoms with Crippen LogP contribution in [0.15, 0.2) is 42.5 Å². The van der Waals surface area contributed by atoms with Gasteiger partial charge in [0.25, 0.3) is 0 Å². The van der Waals surface area contributed by atoms with Gasteiger partial charge < -0.3 is 9.47 Å². The molecule has 98 valence electrons. The number of methoxy groups -OCH3 is 2. The molecule has 3 rings (SSSR count). The van der Waals surface area contributed by atoms with Crippen LogP contribution in [0, 0.1) is 0 Å². The molecule has 1 unspecified atom stereocenters. The molecule has 0 spiro atoms. The van der Waals surface area contributed by atoms with E-state index in [0.717, 1.165) is 18.6 Å². The fourth-order valence-corrected chi connectivity index (χ4v) is 2.79. The van der Waals surface area contributed by atoms with Gasteiger partial charge in [-0.2, -0.15) is 0 Å². The minimum Gasteiger partial charge on any atom is -0.497 e. The van der Waals surface area contributed by atoms with Crippen molar-refractivity contribution in [3.63, 3.8) is 0 Å². The number of ether oxygens (including phenoxy) is 2. The van der Waals surface area contributed by atoms with Crippen LogP contribution in [0.4, 0.5) is 0 Å². The van der Waals surface area contributed by atoms with Gasteiger partial charge >= 0.3 is 0 Å². The Labute approximate surface area is 114 Å². The van der Waals surface area contributed by atoms with E-state index in [2.05, 4.69) is 30.3 Å². The van der Waals surface area contributed by atoms with Crippen molar-refractivity contribution < 1.29 is 9.47 Å². The molecule has 2 aromatic carbocycles. The zero-order valence-corrected chi connectivity index (χ0v) is 11.3. The lowest BCUT2D eigenvalue weighted by atomic mass is 10.00. The standard InChI is InChI=1S/C17H18O2/c1-18-15-7-3-12(4-8-15)13-5-9-16-14(11-13)6-10-17(16)19-2/h3-5,7-9,11,17H,6,10H2,1-2H3. The molecule has 0 fully saturated rings. The topological polar surface area (TPSA) is 18.5 Å². The lowest BCUT2D eigenvalue weighted by molar-refractivity contribution is 0.105. The van der Waals surface area contributed by atoms with Crippen LogP contribution in [0.25, 0.3) is 11.1 Å². The highest BCUT2D eigenvalue weighted by Crippen LogP contribution is 2.36. The third-order valence-corrected chi connectivity index (χ3v) is 3.87. The number of rotatable bonds is 3. The van der Waals surface area contributed by atoms with Crippen molar-refractivity contribution in [2.24, 2.45) is 0 Å². The summed E-state index contributed by atoms with van der Waals surface area (Å²) in [5.41, 5.74) is 5.25. The van der Waals surface area contributed by atoms with Crippen molar-refractivity contribution in [1.82, 2.24) is 0 Å². The van der Waals surface area contributed by atoms with E-state index in [4.69, 9.17) is 9.47 Å². The molecular weight excluding hydrogens is 236 g/mol. The molecule has 1 aliphatic rings. The molecular formula is C17H18O2. The van der Waals surface area contributed by atoms with E-state index in [1.807, 2.05) is 12.1 Å². The van der Waals surface area contributed by atoms with Gasteiger partial charge in [0.1, 0.15) is 5.75 Å². The molecule has 2 aromatic rings. The molecule has 0 heterocycles. The van der Waals surface area contributed by atoms with Crippen molar-refractivity contribution in [1.29, 1.82) is 0 Å². The molecule has 0 N–H and O–H groups in total. The summed E-state index contributed by atoms with van der Waals surface area (Å²) in [6.07, 6.45) is 2.48. The maximum Gasteiger partial charge on any atom is 0.118 e. The first-order chi connectivity index (χ1) is 9.31. The molecule has 0 radical (unpaired) electrons. The third-order valence-electron chi connectivity index (χ3n) is 3.87. The molecule has 2 nitrogen and oxygen atoms in total. The van der Waals surface area contributed by atoms with E-state index in [9.17, 15) is 0 Å². The summed E-state index contributed by atoms with van der Waals surface area (Å²) < 4.78 is 10.7. The Morgan fingerprint density at radius 1 is 0.947 bits per heavy atom. The molecule has 0 saturated heterocycles. The summed E-state index contributed by atoms with van der Waals surface area (Å²) in [5.74, 6) is 0.893. The van der Waals surface area contributed by atoms with Crippen LogP contribution in [-0.4, -0.2) is 14.2 Å². The van der Waals surface area contributed by atoms with Gasteiger partial charge in [-0.3, -0.25) is 0 Å². The highest BCUT2D eigenvalue weighted by molar-refractivity contribution is 5.66. The average Bonchev–Trinajstić information content (AvgIpc) is 2.89. The van der Waals surface area contributed by atoms with E-state index in [1.54, 1.807) is 14.2 Å². The number of hydrogen-bond donors (Lipinski definition) is 0. The van der Waals surface area contributed by atoms with Crippen molar-refractivity contribution in [2.75, 3.05) is 14.2 Å². The van der Waals surface area contributed by atoms with Crippen LogP contribution in [0.2, 0.25) is 0 Å². The second kappa shape index (κ2) is 5.06. The largest absolute Gasteiger partial charge is 0.497 e. The number of fused-ring (bicyclic) bond motifs is 1. The number of hydrogen-bond acceptors (Lipinski definition) is 2. The number of benzene rings is 2. The normalized spacial score (nSPS) is 17.3. The Morgan fingerprint density at radius 3 is 2.37 bits per heavy atom. The average molecular weight is 254 g/mol. The van der Waals surface area contributed by atoms with E-state index in [-0.39, 0.29) is 6.10 Å². The fraction of sp³-hybridized carbons (Fsp3) is 0.294. The number of aryl methyl sites for hydroxylation is 1. The second-order valence-corrected chi connectivity index (χ2v) is 4.91. The maximum atomic E-state index is 5.50. The summed E-state index contributed by atoms with van der Waals surface area (Å²) in [6.45, 7) is 0. The van der Waals surface area contributed by atoms with Gasteiger partial charge in [-0.1, -0.05) is 30.3 Å². The Balaban J connectivity index is 1.94. The van der Waals surface area contributed by atoms with Gasteiger partial charge in [0, 0.05) is 7.11 Å². The second-order valence-electron chi connectivity index (χ2n) is 4.91. The minimum atomic E-state index is 0.278. The fourth-order valence-electron chi connectivity index (χ4n) is 2.79. The van der Waals surface area contributed by atoms with Crippen LogP contribution in [0.5, 0.6) is 5.75 Å². The Bertz CT molecular complexity index is 572. The predicted molar refractivity (Wildman–Crippen MR) is 76.5 cm³/mol. The van der Waals surface area contributed by atoms with E-state index in [1.165, 1.54) is 22.3 Å². The van der Waals surface area contributed by atoms with Crippen LogP contribution in [0.3, 0.4) is 0 Å². The van der Waals surface area contributed by atoms with E-state index >= 15 is 0 Å². The maximum absolute atomic E-state index is 5.50. The van der Waals surface area contributed by atoms with Crippen LogP contribution in [-0.2, 0) is 11.2 Å². The molecule has 0 bridgehead atoms. The summed E-state index contributed by atoms with van der Waals surface area (Å²) in [5, 5.41) is 0. The van der Waals surface area contributed by atoms with Gasteiger partial charge in [0.15, 0.2) is 0 Å². The third kappa shape index (κ3) is 2.24. The molecule has 1 aliphatic carbocycles. The van der Waals surface area contributed by atoms with Crippen molar-refractivity contribution in [3.8, 4) is 16.9 Å². The smallest absolute Gasteiger partial charge is 0.118 e.